The number of hydrogen-bond acceptors (Lipinski definition) is 9. The number of aromatic nitrogens is 4. The molecule has 0 fully saturated rings. The number of benzene rings is 1. The van der Waals surface area contributed by atoms with E-state index >= 15 is 0 Å². The van der Waals surface area contributed by atoms with Crippen molar-refractivity contribution >= 4 is 46.6 Å². The van der Waals surface area contributed by atoms with E-state index in [9.17, 15) is 9.59 Å². The Morgan fingerprint density at radius 1 is 0.857 bits per heavy atom. The molecule has 0 atom stereocenters. The Kier molecular flexibility index (Phi) is 9.98. The molecule has 0 aliphatic carbocycles. The Balaban J connectivity index is 0.000000328. The molecule has 0 bridgehead atoms. The second-order valence-corrected chi connectivity index (χ2v) is 8.30. The van der Waals surface area contributed by atoms with Gasteiger partial charge in [-0.25, -0.2) is 9.78 Å². The number of ether oxygens (including phenoxy) is 3. The van der Waals surface area contributed by atoms with Gasteiger partial charge in [0.25, 0.3) is 5.91 Å². The van der Waals surface area contributed by atoms with Crippen molar-refractivity contribution in [2.45, 2.75) is 26.4 Å². The van der Waals surface area contributed by atoms with Gasteiger partial charge in [-0.15, -0.1) is 4.98 Å². The van der Waals surface area contributed by atoms with E-state index in [2.05, 4.69) is 30.6 Å². The number of nitrogens with one attached hydrogen (secondary N) is 2. The van der Waals surface area contributed by atoms with Gasteiger partial charge in [-0.3, -0.25) is 10.1 Å². The fourth-order valence-electron chi connectivity index (χ4n) is 2.32. The molecule has 0 spiro atoms. The van der Waals surface area contributed by atoms with Crippen LogP contribution >= 0.6 is 23.2 Å². The minimum Gasteiger partial charge on any atom is -0.467 e. The number of halogens is 2. The molecule has 0 aliphatic rings. The van der Waals surface area contributed by atoms with Crippen LogP contribution < -0.4 is 20.1 Å². The summed E-state index contributed by atoms with van der Waals surface area (Å²) in [7, 11) is 2.87. The maximum absolute atomic E-state index is 12.3. The van der Waals surface area contributed by atoms with Gasteiger partial charge in [0.15, 0.2) is 0 Å². The van der Waals surface area contributed by atoms with Crippen LogP contribution in [0, 0.1) is 0 Å². The summed E-state index contributed by atoms with van der Waals surface area (Å²) in [5.74, 6) is -0.363. The molecule has 2 heterocycles. The zero-order valence-electron chi connectivity index (χ0n) is 19.6. The van der Waals surface area contributed by atoms with Crippen LogP contribution in [-0.2, 0) is 4.74 Å². The van der Waals surface area contributed by atoms with Crippen LogP contribution in [0.2, 0.25) is 10.4 Å². The summed E-state index contributed by atoms with van der Waals surface area (Å²) in [6.45, 7) is 5.31. The number of pyridine rings is 1. The van der Waals surface area contributed by atoms with Crippen molar-refractivity contribution in [3.8, 4) is 12.0 Å². The van der Waals surface area contributed by atoms with Gasteiger partial charge >= 0.3 is 18.1 Å². The molecule has 2 N–H and O–H groups in total. The Hall–Kier alpha value is -3.70. The first-order valence-electron chi connectivity index (χ1n) is 10.0. The highest BCUT2D eigenvalue weighted by Gasteiger charge is 2.18. The minimum absolute atomic E-state index is 0.0497. The molecule has 0 saturated heterocycles. The highest BCUT2D eigenvalue weighted by Crippen LogP contribution is 2.23. The fraction of sp³-hybridized carbons (Fsp3) is 0.273. The van der Waals surface area contributed by atoms with Gasteiger partial charge in [-0.2, -0.15) is 9.97 Å². The van der Waals surface area contributed by atoms with Crippen LogP contribution in [0.15, 0.2) is 42.6 Å². The van der Waals surface area contributed by atoms with Crippen molar-refractivity contribution in [3.05, 3.63) is 58.6 Å². The predicted octanol–water partition coefficient (Wildman–Crippen LogP) is 4.88. The van der Waals surface area contributed by atoms with E-state index in [0.29, 0.717) is 22.1 Å². The van der Waals surface area contributed by atoms with E-state index in [-0.39, 0.29) is 23.2 Å². The summed E-state index contributed by atoms with van der Waals surface area (Å²) in [6.07, 6.45) is 0.777. The second kappa shape index (κ2) is 12.7. The quantitative estimate of drug-likeness (QED) is 0.449. The lowest BCUT2D eigenvalue weighted by molar-refractivity contribution is 0.0635. The summed E-state index contributed by atoms with van der Waals surface area (Å²) in [5, 5.41) is 5.70. The standard InChI is InChI=1S/C17H18ClN3O3.C5H6ClN3O2/c1-17(2,3)24-16(23)21-13-7-5-4-6-12(13)20-15(22)11-8-9-14(18)19-10-11;1-10-4-7-3(6)8-5(9-4)11-2/h4-10H,1-3H3,(H,20,22)(H,21,23);1-2H3. The molecule has 11 nitrogen and oxygen atoms in total. The monoisotopic (exact) mass is 522 g/mol. The molecular weight excluding hydrogens is 499 g/mol. The smallest absolute Gasteiger partial charge is 0.412 e. The van der Waals surface area contributed by atoms with Gasteiger partial charge in [0.2, 0.25) is 5.28 Å². The van der Waals surface area contributed by atoms with Crippen molar-refractivity contribution in [1.82, 2.24) is 19.9 Å². The third-order valence-electron chi connectivity index (χ3n) is 3.73. The fourth-order valence-corrected chi connectivity index (χ4v) is 2.57. The molecular formula is C22H24Cl2N6O5. The van der Waals surface area contributed by atoms with Crippen molar-refractivity contribution in [1.29, 1.82) is 0 Å². The van der Waals surface area contributed by atoms with E-state index in [1.165, 1.54) is 26.5 Å². The average molecular weight is 523 g/mol. The SMILES string of the molecule is CC(C)(C)OC(=O)Nc1ccccc1NC(=O)c1ccc(Cl)nc1.COc1nc(Cl)nc(OC)n1. The molecule has 3 rings (SSSR count). The van der Waals surface area contributed by atoms with Crippen LogP contribution in [0.3, 0.4) is 0 Å². The molecule has 0 radical (unpaired) electrons. The van der Waals surface area contributed by atoms with E-state index in [4.69, 9.17) is 37.4 Å². The van der Waals surface area contributed by atoms with Crippen LogP contribution in [0.25, 0.3) is 0 Å². The number of para-hydroxylation sites is 2. The number of hydrogen-bond donors (Lipinski definition) is 2. The maximum Gasteiger partial charge on any atom is 0.412 e. The highest BCUT2D eigenvalue weighted by atomic mass is 35.5. The topological polar surface area (TPSA) is 137 Å². The van der Waals surface area contributed by atoms with Crippen LogP contribution in [0.4, 0.5) is 16.2 Å². The van der Waals surface area contributed by atoms with Crippen molar-refractivity contribution in [2.75, 3.05) is 24.9 Å². The molecule has 186 valence electrons. The number of nitrogens with zero attached hydrogens (tertiary/aromatic N) is 4. The molecule has 0 saturated carbocycles. The molecule has 1 aromatic carbocycles. The first kappa shape index (κ1) is 27.5. The number of carbonyl (C=O) groups is 2. The molecule has 13 heteroatoms. The number of amides is 2. The third-order valence-corrected chi connectivity index (χ3v) is 4.13. The van der Waals surface area contributed by atoms with Crippen molar-refractivity contribution < 1.29 is 23.8 Å². The largest absolute Gasteiger partial charge is 0.467 e. The first-order chi connectivity index (χ1) is 16.5. The summed E-state index contributed by atoms with van der Waals surface area (Å²) >= 11 is 11.2. The Labute approximate surface area is 212 Å². The first-order valence-corrected chi connectivity index (χ1v) is 10.8. The average Bonchev–Trinajstić information content (AvgIpc) is 2.79. The van der Waals surface area contributed by atoms with Gasteiger partial charge in [0.1, 0.15) is 10.8 Å². The Bertz CT molecular complexity index is 1130. The normalized spacial score (nSPS) is 10.4. The third kappa shape index (κ3) is 9.59. The zero-order valence-corrected chi connectivity index (χ0v) is 21.1. The molecule has 35 heavy (non-hydrogen) atoms. The highest BCUT2D eigenvalue weighted by molar-refractivity contribution is 6.29. The van der Waals surface area contributed by atoms with E-state index in [0.717, 1.165) is 0 Å². The number of rotatable bonds is 5. The maximum atomic E-state index is 12.3. The van der Waals surface area contributed by atoms with Crippen LogP contribution in [0.5, 0.6) is 12.0 Å². The van der Waals surface area contributed by atoms with E-state index in [1.54, 1.807) is 51.1 Å². The number of anilines is 2. The van der Waals surface area contributed by atoms with E-state index in [1.807, 2.05) is 0 Å². The van der Waals surface area contributed by atoms with Crippen LogP contribution in [-0.4, -0.2) is 51.8 Å². The van der Waals surface area contributed by atoms with Gasteiger partial charge in [0, 0.05) is 6.20 Å². The zero-order chi connectivity index (χ0) is 26.0. The summed E-state index contributed by atoms with van der Waals surface area (Å²) in [4.78, 5) is 39.0. The Morgan fingerprint density at radius 2 is 1.43 bits per heavy atom. The lowest BCUT2D eigenvalue weighted by Gasteiger charge is -2.20. The van der Waals surface area contributed by atoms with Gasteiger partial charge in [0.05, 0.1) is 31.2 Å². The summed E-state index contributed by atoms with van der Waals surface area (Å²) < 4.78 is 14.6. The minimum atomic E-state index is -0.614. The van der Waals surface area contributed by atoms with Crippen molar-refractivity contribution in [3.63, 3.8) is 0 Å². The van der Waals surface area contributed by atoms with Crippen molar-refractivity contribution in [2.24, 2.45) is 0 Å². The van der Waals surface area contributed by atoms with Gasteiger partial charge in [-0.05, 0) is 56.6 Å². The number of methoxy groups -OCH3 is 2. The summed E-state index contributed by atoms with van der Waals surface area (Å²) in [6, 6.07) is 10.2. The predicted molar refractivity (Wildman–Crippen MR) is 131 cm³/mol. The molecule has 3 aromatic rings. The van der Waals surface area contributed by atoms with Gasteiger partial charge in [-0.1, -0.05) is 23.7 Å². The summed E-state index contributed by atoms with van der Waals surface area (Å²) in [5.41, 5.74) is 0.619. The molecule has 0 aliphatic heterocycles. The lowest BCUT2D eigenvalue weighted by atomic mass is 10.2. The number of carbonyl (C=O) groups excluding carboxylic acids is 2. The molecule has 0 unspecified atom stereocenters. The molecule has 2 amide bonds. The second-order valence-electron chi connectivity index (χ2n) is 7.57. The van der Waals surface area contributed by atoms with Gasteiger partial charge < -0.3 is 19.5 Å². The van der Waals surface area contributed by atoms with Crippen LogP contribution in [0.1, 0.15) is 31.1 Å². The lowest BCUT2D eigenvalue weighted by Crippen LogP contribution is -2.27. The van der Waals surface area contributed by atoms with E-state index < -0.39 is 11.7 Å². The molecule has 2 aromatic heterocycles. The Morgan fingerprint density at radius 3 is 1.91 bits per heavy atom.